The van der Waals surface area contributed by atoms with Gasteiger partial charge in [0.15, 0.2) is 0 Å². The van der Waals surface area contributed by atoms with Crippen molar-refractivity contribution in [3.63, 3.8) is 0 Å². The number of carbonyl (C=O) groups is 1. The molecular formula is C20H18N4O3S. The summed E-state index contributed by atoms with van der Waals surface area (Å²) < 4.78 is 11.0. The second-order valence-electron chi connectivity index (χ2n) is 6.07. The Morgan fingerprint density at radius 2 is 1.96 bits per heavy atom. The molecule has 0 radical (unpaired) electrons. The Labute approximate surface area is 165 Å². The fourth-order valence-electron chi connectivity index (χ4n) is 2.80. The second kappa shape index (κ2) is 7.77. The van der Waals surface area contributed by atoms with Gasteiger partial charge in [0, 0.05) is 17.1 Å². The van der Waals surface area contributed by atoms with Crippen LogP contribution >= 0.6 is 11.8 Å². The van der Waals surface area contributed by atoms with Crippen LogP contribution in [0.2, 0.25) is 0 Å². The van der Waals surface area contributed by atoms with Gasteiger partial charge in [0.05, 0.1) is 23.6 Å². The van der Waals surface area contributed by atoms with Gasteiger partial charge >= 0.3 is 0 Å². The number of carbonyl (C=O) groups excluding carboxylic acids is 1. The summed E-state index contributed by atoms with van der Waals surface area (Å²) in [5.41, 5.74) is 2.45. The lowest BCUT2D eigenvalue weighted by Crippen LogP contribution is -2.22. The molecule has 4 aromatic rings. The van der Waals surface area contributed by atoms with E-state index in [-0.39, 0.29) is 5.91 Å². The molecule has 2 N–H and O–H groups in total. The number of aromatic amines is 1. The highest BCUT2D eigenvalue weighted by Gasteiger charge is 2.20. The molecule has 7 nitrogen and oxygen atoms in total. The van der Waals surface area contributed by atoms with Gasteiger partial charge in [-0.2, -0.15) is 0 Å². The number of nitrogens with one attached hydrogen (secondary N) is 2. The van der Waals surface area contributed by atoms with Crippen molar-refractivity contribution in [3.05, 3.63) is 54.7 Å². The van der Waals surface area contributed by atoms with E-state index in [0.717, 1.165) is 16.5 Å². The third-order valence-corrected chi connectivity index (χ3v) is 5.17. The van der Waals surface area contributed by atoms with E-state index >= 15 is 0 Å². The number of methoxy groups -OCH3 is 1. The van der Waals surface area contributed by atoms with Crippen LogP contribution in [0.1, 0.15) is 6.92 Å². The van der Waals surface area contributed by atoms with Gasteiger partial charge in [-0.1, -0.05) is 42.1 Å². The van der Waals surface area contributed by atoms with Crippen LogP contribution in [0.3, 0.4) is 0 Å². The Balaban J connectivity index is 1.47. The largest absolute Gasteiger partial charge is 0.495 e. The van der Waals surface area contributed by atoms with Crippen molar-refractivity contribution >= 4 is 34.3 Å². The molecule has 2 aromatic heterocycles. The van der Waals surface area contributed by atoms with E-state index < -0.39 is 5.25 Å². The number of benzene rings is 2. The highest BCUT2D eigenvalue weighted by Crippen LogP contribution is 2.31. The van der Waals surface area contributed by atoms with Gasteiger partial charge in [-0.05, 0) is 25.1 Å². The van der Waals surface area contributed by atoms with Crippen LogP contribution in [0.5, 0.6) is 5.75 Å². The van der Waals surface area contributed by atoms with Gasteiger partial charge in [0.1, 0.15) is 5.75 Å². The van der Waals surface area contributed by atoms with Crippen molar-refractivity contribution in [2.45, 2.75) is 17.4 Å². The highest BCUT2D eigenvalue weighted by atomic mass is 32.2. The molecule has 142 valence electrons. The number of rotatable bonds is 6. The quantitative estimate of drug-likeness (QED) is 0.473. The monoisotopic (exact) mass is 394 g/mol. The molecule has 2 heterocycles. The van der Waals surface area contributed by atoms with Crippen molar-refractivity contribution < 1.29 is 13.9 Å². The Kier molecular flexibility index (Phi) is 5.03. The first-order valence-electron chi connectivity index (χ1n) is 8.66. The normalized spacial score (nSPS) is 12.1. The molecule has 0 aliphatic heterocycles. The van der Waals surface area contributed by atoms with Crippen molar-refractivity contribution in [2.24, 2.45) is 0 Å². The summed E-state index contributed by atoms with van der Waals surface area (Å²) >= 11 is 1.20. The average Bonchev–Trinajstić information content (AvgIpc) is 3.35. The third-order valence-electron chi connectivity index (χ3n) is 4.24. The van der Waals surface area contributed by atoms with Crippen LogP contribution in [0, 0.1) is 0 Å². The first-order valence-corrected chi connectivity index (χ1v) is 9.54. The third kappa shape index (κ3) is 3.59. The first kappa shape index (κ1) is 18.1. The lowest BCUT2D eigenvalue weighted by molar-refractivity contribution is -0.115. The van der Waals surface area contributed by atoms with Crippen LogP contribution in [0.15, 0.2) is 64.4 Å². The standard InChI is InChI=1S/C20H18N4O3S/c1-12(18(25)22-16-9-5-6-10-17(16)26-2)28-20-24-23-19(27-20)14-11-21-15-8-4-3-7-13(14)15/h3-12,21H,1-2H3,(H,22,25)/t12-/m0/s1. The predicted octanol–water partition coefficient (Wildman–Crippen LogP) is 4.35. The van der Waals surface area contributed by atoms with Gasteiger partial charge in [0.2, 0.25) is 5.91 Å². The summed E-state index contributed by atoms with van der Waals surface area (Å²) in [5, 5.41) is 12.0. The minimum absolute atomic E-state index is 0.179. The zero-order valence-corrected chi connectivity index (χ0v) is 16.1. The SMILES string of the molecule is COc1ccccc1NC(=O)[C@H](C)Sc1nnc(-c2c[nH]c3ccccc23)o1. The number of H-pyrrole nitrogens is 1. The summed E-state index contributed by atoms with van der Waals surface area (Å²) in [5.74, 6) is 0.839. The molecule has 2 aromatic carbocycles. The zero-order valence-electron chi connectivity index (χ0n) is 15.3. The van der Waals surface area contributed by atoms with E-state index in [1.807, 2.05) is 42.6 Å². The number of thioether (sulfide) groups is 1. The zero-order chi connectivity index (χ0) is 19.5. The number of fused-ring (bicyclic) bond motifs is 1. The summed E-state index contributed by atoms with van der Waals surface area (Å²) in [4.78, 5) is 15.7. The molecule has 28 heavy (non-hydrogen) atoms. The van der Waals surface area contributed by atoms with Gasteiger partial charge in [-0.25, -0.2) is 0 Å². The number of nitrogens with zero attached hydrogens (tertiary/aromatic N) is 2. The van der Waals surface area contributed by atoms with Crippen molar-refractivity contribution in [1.82, 2.24) is 15.2 Å². The van der Waals surface area contributed by atoms with Crippen LogP contribution in [-0.4, -0.2) is 33.4 Å². The van der Waals surface area contributed by atoms with Gasteiger partial charge in [-0.3, -0.25) is 4.79 Å². The number of hydrogen-bond acceptors (Lipinski definition) is 6. The van der Waals surface area contributed by atoms with Crippen LogP contribution in [-0.2, 0) is 4.79 Å². The number of para-hydroxylation sites is 3. The van der Waals surface area contributed by atoms with Gasteiger partial charge < -0.3 is 19.5 Å². The fourth-order valence-corrected chi connectivity index (χ4v) is 3.49. The second-order valence-corrected chi connectivity index (χ2v) is 7.36. The molecule has 8 heteroatoms. The minimum Gasteiger partial charge on any atom is -0.495 e. The van der Waals surface area contributed by atoms with E-state index in [1.54, 1.807) is 26.2 Å². The first-order chi connectivity index (χ1) is 13.7. The summed E-state index contributed by atoms with van der Waals surface area (Å²) in [6.07, 6.45) is 1.84. The molecule has 0 saturated heterocycles. The molecule has 0 bridgehead atoms. The van der Waals surface area contributed by atoms with E-state index in [9.17, 15) is 4.79 Å². The van der Waals surface area contributed by atoms with Crippen LogP contribution < -0.4 is 10.1 Å². The topological polar surface area (TPSA) is 93.0 Å². The van der Waals surface area contributed by atoms with E-state index in [1.165, 1.54) is 11.8 Å². The number of ether oxygens (including phenoxy) is 1. The molecule has 1 atom stereocenters. The number of amides is 1. The molecule has 0 aliphatic rings. The Hall–Kier alpha value is -3.26. The van der Waals surface area contributed by atoms with Crippen molar-refractivity contribution in [3.8, 4) is 17.2 Å². The highest BCUT2D eigenvalue weighted by molar-refractivity contribution is 8.00. The number of aromatic nitrogens is 3. The lowest BCUT2D eigenvalue weighted by atomic mass is 10.2. The van der Waals surface area contributed by atoms with E-state index in [0.29, 0.717) is 22.6 Å². The van der Waals surface area contributed by atoms with E-state index in [4.69, 9.17) is 9.15 Å². The maximum Gasteiger partial charge on any atom is 0.277 e. The average molecular weight is 394 g/mol. The molecule has 0 fully saturated rings. The fraction of sp³-hybridized carbons (Fsp3) is 0.150. The summed E-state index contributed by atoms with van der Waals surface area (Å²) in [6, 6.07) is 15.1. The maximum atomic E-state index is 12.5. The Morgan fingerprint density at radius 3 is 2.82 bits per heavy atom. The number of anilines is 1. The molecule has 0 unspecified atom stereocenters. The number of hydrogen-bond donors (Lipinski definition) is 2. The van der Waals surface area contributed by atoms with Crippen LogP contribution in [0.25, 0.3) is 22.4 Å². The molecule has 0 spiro atoms. The minimum atomic E-state index is -0.429. The Morgan fingerprint density at radius 1 is 1.18 bits per heavy atom. The van der Waals surface area contributed by atoms with Gasteiger partial charge in [0.25, 0.3) is 11.1 Å². The maximum absolute atomic E-state index is 12.5. The molecule has 4 rings (SSSR count). The summed E-state index contributed by atoms with van der Waals surface area (Å²) in [7, 11) is 1.56. The smallest absolute Gasteiger partial charge is 0.277 e. The van der Waals surface area contributed by atoms with Crippen LogP contribution in [0.4, 0.5) is 5.69 Å². The molecule has 1 amide bonds. The van der Waals surface area contributed by atoms with Gasteiger partial charge in [-0.15, -0.1) is 10.2 Å². The predicted molar refractivity (Wildman–Crippen MR) is 109 cm³/mol. The van der Waals surface area contributed by atoms with E-state index in [2.05, 4.69) is 20.5 Å². The molecular weight excluding hydrogens is 376 g/mol. The summed E-state index contributed by atoms with van der Waals surface area (Å²) in [6.45, 7) is 1.78. The van der Waals surface area contributed by atoms with Crippen molar-refractivity contribution in [1.29, 1.82) is 0 Å². The van der Waals surface area contributed by atoms with Crippen molar-refractivity contribution in [2.75, 3.05) is 12.4 Å². The molecule has 0 saturated carbocycles. The lowest BCUT2D eigenvalue weighted by Gasteiger charge is -2.12. The Bertz CT molecular complexity index is 1120. The molecule has 0 aliphatic carbocycles.